The van der Waals surface area contributed by atoms with Gasteiger partial charge in [-0.1, -0.05) is 164 Å². The molecule has 14 heteroatoms. The van der Waals surface area contributed by atoms with Crippen molar-refractivity contribution < 1.29 is 64.6 Å². The normalized spacial score (nSPS) is 27.2. The molecular weight excluding hydrogens is 859 g/mol. The van der Waals surface area contributed by atoms with E-state index in [0.717, 1.165) is 96.3 Å². The molecule has 2 heterocycles. The second kappa shape index (κ2) is 39.2. The zero-order valence-corrected chi connectivity index (χ0v) is 40.9. The number of nitrogens with one attached hydrogen (secondary N) is 1. The van der Waals surface area contributed by atoms with Crippen LogP contribution in [0.4, 0.5) is 0 Å². The quantitative estimate of drug-likeness (QED) is 0.0229. The third-order valence-electron chi connectivity index (χ3n) is 12.1. The number of hydrogen-bond acceptors (Lipinski definition) is 13. The van der Waals surface area contributed by atoms with Crippen LogP contribution in [-0.4, -0.2) is 140 Å². The van der Waals surface area contributed by atoms with Crippen molar-refractivity contribution in [2.75, 3.05) is 19.8 Å². The Bertz CT molecular complexity index is 1400. The van der Waals surface area contributed by atoms with Crippen LogP contribution >= 0.6 is 0 Å². The van der Waals surface area contributed by atoms with Gasteiger partial charge in [-0.05, 0) is 64.2 Å². The number of carbonyl (C=O) groups is 1. The molecule has 386 valence electrons. The Morgan fingerprint density at radius 3 is 1.58 bits per heavy atom. The minimum atomic E-state index is -1.79. The Labute approximate surface area is 402 Å². The van der Waals surface area contributed by atoms with Crippen molar-refractivity contribution >= 4 is 5.91 Å². The summed E-state index contributed by atoms with van der Waals surface area (Å²) in [7, 11) is 0. The first-order valence-electron chi connectivity index (χ1n) is 25.7. The van der Waals surface area contributed by atoms with Crippen molar-refractivity contribution in [2.24, 2.45) is 0 Å². The third-order valence-corrected chi connectivity index (χ3v) is 12.1. The van der Waals surface area contributed by atoms with Crippen molar-refractivity contribution in [3.8, 4) is 0 Å². The molecule has 2 aliphatic heterocycles. The van der Waals surface area contributed by atoms with E-state index in [2.05, 4.69) is 79.9 Å². The first kappa shape index (κ1) is 60.6. The van der Waals surface area contributed by atoms with E-state index in [9.17, 15) is 45.6 Å². The van der Waals surface area contributed by atoms with Crippen molar-refractivity contribution in [3.63, 3.8) is 0 Å². The van der Waals surface area contributed by atoms with Crippen LogP contribution in [0.5, 0.6) is 0 Å². The minimum absolute atomic E-state index is 0.257. The van der Waals surface area contributed by atoms with Gasteiger partial charge in [0.1, 0.15) is 48.8 Å². The fourth-order valence-electron chi connectivity index (χ4n) is 7.96. The SMILES string of the molecule is CC/C=C\C/C=C\C/C=C\C/C=C\C/C=C\CCCCCCCCCC(=O)NC(COC1OC(CO)C(OC2OC(CO)C(O)C(O)C2O)C(O)C1O)C(O)/C=C/CCCCCCCCCC. The van der Waals surface area contributed by atoms with Gasteiger partial charge in [0, 0.05) is 6.42 Å². The summed E-state index contributed by atoms with van der Waals surface area (Å²) in [6, 6.07) is -0.922. The van der Waals surface area contributed by atoms with Gasteiger partial charge in [0.25, 0.3) is 0 Å². The molecule has 14 nitrogen and oxygen atoms in total. The highest BCUT2D eigenvalue weighted by Gasteiger charge is 2.51. The fourth-order valence-corrected chi connectivity index (χ4v) is 7.96. The van der Waals surface area contributed by atoms with Crippen molar-refractivity contribution in [1.29, 1.82) is 0 Å². The van der Waals surface area contributed by atoms with Gasteiger partial charge in [-0.2, -0.15) is 0 Å². The number of unbranched alkanes of at least 4 members (excludes halogenated alkanes) is 15. The second-order valence-electron chi connectivity index (χ2n) is 17.9. The average molecular weight is 950 g/mol. The van der Waals surface area contributed by atoms with E-state index >= 15 is 0 Å². The number of amides is 1. The average Bonchev–Trinajstić information content (AvgIpc) is 3.32. The zero-order valence-electron chi connectivity index (χ0n) is 40.9. The highest BCUT2D eigenvalue weighted by Crippen LogP contribution is 2.30. The van der Waals surface area contributed by atoms with E-state index in [0.29, 0.717) is 6.42 Å². The van der Waals surface area contributed by atoms with Crippen LogP contribution in [0.15, 0.2) is 72.9 Å². The van der Waals surface area contributed by atoms with E-state index in [4.69, 9.17) is 18.9 Å². The van der Waals surface area contributed by atoms with Gasteiger partial charge in [-0.25, -0.2) is 0 Å². The molecule has 0 saturated carbocycles. The molecule has 0 aromatic rings. The van der Waals surface area contributed by atoms with Crippen LogP contribution in [0.1, 0.15) is 162 Å². The molecule has 1 amide bonds. The van der Waals surface area contributed by atoms with Crippen LogP contribution in [-0.2, 0) is 23.7 Å². The Morgan fingerprint density at radius 2 is 1.03 bits per heavy atom. The minimum Gasteiger partial charge on any atom is -0.394 e. The number of allylic oxidation sites excluding steroid dienone is 11. The number of aliphatic hydroxyl groups excluding tert-OH is 8. The molecule has 0 aliphatic carbocycles. The van der Waals surface area contributed by atoms with Gasteiger partial charge < -0.3 is 65.1 Å². The molecule has 12 unspecified atom stereocenters. The predicted octanol–water partition coefficient (Wildman–Crippen LogP) is 6.82. The molecule has 2 aliphatic rings. The van der Waals surface area contributed by atoms with E-state index in [-0.39, 0.29) is 18.9 Å². The second-order valence-corrected chi connectivity index (χ2v) is 17.9. The molecule has 0 bridgehead atoms. The summed E-state index contributed by atoms with van der Waals surface area (Å²) in [5, 5.41) is 86.6. The summed E-state index contributed by atoms with van der Waals surface area (Å²) < 4.78 is 22.6. The van der Waals surface area contributed by atoms with Gasteiger partial charge >= 0.3 is 0 Å². The van der Waals surface area contributed by atoms with Crippen molar-refractivity contribution in [1.82, 2.24) is 5.32 Å². The summed E-state index contributed by atoms with van der Waals surface area (Å²) >= 11 is 0. The number of rotatable bonds is 38. The molecule has 67 heavy (non-hydrogen) atoms. The van der Waals surface area contributed by atoms with Gasteiger partial charge in [-0.15, -0.1) is 0 Å². The Kier molecular flexibility index (Phi) is 35.4. The fraction of sp³-hybridized carbons (Fsp3) is 0.755. The van der Waals surface area contributed by atoms with Crippen LogP contribution in [0.2, 0.25) is 0 Å². The van der Waals surface area contributed by atoms with Crippen molar-refractivity contribution in [3.05, 3.63) is 72.9 Å². The smallest absolute Gasteiger partial charge is 0.220 e. The first-order chi connectivity index (χ1) is 32.6. The number of aliphatic hydroxyl groups is 8. The predicted molar refractivity (Wildman–Crippen MR) is 263 cm³/mol. The molecule has 2 rings (SSSR count). The molecule has 0 spiro atoms. The molecule has 9 N–H and O–H groups in total. The third kappa shape index (κ3) is 26.3. The Balaban J connectivity index is 1.79. The topological polar surface area (TPSA) is 228 Å². The van der Waals surface area contributed by atoms with Gasteiger partial charge in [0.15, 0.2) is 12.6 Å². The maximum Gasteiger partial charge on any atom is 0.220 e. The summed E-state index contributed by atoms with van der Waals surface area (Å²) in [5.74, 6) is -0.257. The van der Waals surface area contributed by atoms with Gasteiger partial charge in [0.05, 0.1) is 32.0 Å². The Morgan fingerprint density at radius 1 is 0.552 bits per heavy atom. The van der Waals surface area contributed by atoms with Crippen LogP contribution in [0.25, 0.3) is 0 Å². The lowest BCUT2D eigenvalue weighted by Crippen LogP contribution is -2.65. The van der Waals surface area contributed by atoms with Crippen LogP contribution < -0.4 is 5.32 Å². The number of hydrogen-bond donors (Lipinski definition) is 9. The van der Waals surface area contributed by atoms with Gasteiger partial charge in [0.2, 0.25) is 5.91 Å². The molecule has 12 atom stereocenters. The molecular formula is C53H91NO13. The van der Waals surface area contributed by atoms with Crippen LogP contribution in [0.3, 0.4) is 0 Å². The highest BCUT2D eigenvalue weighted by atomic mass is 16.7. The monoisotopic (exact) mass is 950 g/mol. The van der Waals surface area contributed by atoms with E-state index < -0.39 is 86.8 Å². The van der Waals surface area contributed by atoms with Gasteiger partial charge in [-0.3, -0.25) is 4.79 Å². The number of carbonyl (C=O) groups excluding carboxylic acids is 1. The van der Waals surface area contributed by atoms with E-state index in [1.807, 2.05) is 6.08 Å². The lowest BCUT2D eigenvalue weighted by molar-refractivity contribution is -0.359. The van der Waals surface area contributed by atoms with Crippen LogP contribution in [0, 0.1) is 0 Å². The molecule has 0 radical (unpaired) electrons. The molecule has 2 saturated heterocycles. The zero-order chi connectivity index (χ0) is 48.9. The molecule has 0 aromatic heterocycles. The Hall–Kier alpha value is -2.57. The largest absolute Gasteiger partial charge is 0.394 e. The maximum absolute atomic E-state index is 13.2. The molecule has 0 aromatic carbocycles. The first-order valence-corrected chi connectivity index (χ1v) is 25.7. The lowest BCUT2D eigenvalue weighted by Gasteiger charge is -2.46. The standard InChI is InChI=1S/C53H91NO13/c1-3-5-7-9-11-13-15-16-17-18-19-20-21-22-23-24-25-26-27-29-31-33-35-37-45(58)54-41(42(57)36-34-32-30-28-14-12-10-8-6-4-2)40-64-52-50(63)48(61)51(44(39-56)66-52)67-53-49(62)47(60)46(59)43(38-55)65-53/h5,7,11,13,16-17,19-20,22-23,34,36,41-44,46-53,55-57,59-63H,3-4,6,8-10,12,14-15,18,21,24-33,35,37-40H2,1-2H3,(H,54,58)/b7-5-,13-11-,17-16-,20-19-,23-22-,36-34+. The molecule has 2 fully saturated rings. The summed E-state index contributed by atoms with van der Waals surface area (Å²) in [4.78, 5) is 13.2. The van der Waals surface area contributed by atoms with Crippen molar-refractivity contribution in [2.45, 2.75) is 235 Å². The summed E-state index contributed by atoms with van der Waals surface area (Å²) in [5.41, 5.74) is 0. The number of ether oxygens (including phenoxy) is 4. The maximum atomic E-state index is 13.2. The van der Waals surface area contributed by atoms with E-state index in [1.54, 1.807) is 6.08 Å². The summed E-state index contributed by atoms with van der Waals surface area (Å²) in [6.45, 7) is 2.62. The van der Waals surface area contributed by atoms with E-state index in [1.165, 1.54) is 38.5 Å². The summed E-state index contributed by atoms with van der Waals surface area (Å²) in [6.07, 6.45) is 32.3. The highest BCUT2D eigenvalue weighted by molar-refractivity contribution is 5.76. The lowest BCUT2D eigenvalue weighted by atomic mass is 9.97.